The van der Waals surface area contributed by atoms with Crippen LogP contribution in [0.2, 0.25) is 0 Å². The third-order valence-electron chi connectivity index (χ3n) is 6.05. The van der Waals surface area contributed by atoms with Crippen LogP contribution in [0.3, 0.4) is 0 Å². The van der Waals surface area contributed by atoms with Crippen LogP contribution >= 0.6 is 0 Å². The third kappa shape index (κ3) is 5.68. The second kappa shape index (κ2) is 9.87. The lowest BCUT2D eigenvalue weighted by Crippen LogP contribution is -2.44. The van der Waals surface area contributed by atoms with Crippen molar-refractivity contribution in [3.05, 3.63) is 59.8 Å². The Morgan fingerprint density at radius 1 is 1.14 bits per heavy atom. The van der Waals surface area contributed by atoms with E-state index in [1.807, 2.05) is 57.3 Å². The van der Waals surface area contributed by atoms with Crippen molar-refractivity contribution in [2.24, 2.45) is 17.1 Å². The molecular formula is C26H31N5O4. The summed E-state index contributed by atoms with van der Waals surface area (Å²) in [5, 5.41) is 9.94. The summed E-state index contributed by atoms with van der Waals surface area (Å²) < 4.78 is 1.70. The largest absolute Gasteiger partial charge is 0.367 e. The lowest BCUT2D eigenvalue weighted by molar-refractivity contribution is -0.208. The van der Waals surface area contributed by atoms with Gasteiger partial charge in [0.2, 0.25) is 5.91 Å². The smallest absolute Gasteiger partial charge is 0.330 e. The number of primary amides is 1. The van der Waals surface area contributed by atoms with Crippen molar-refractivity contribution >= 4 is 28.7 Å². The minimum absolute atomic E-state index is 0.0529. The zero-order chi connectivity index (χ0) is 25.2. The highest BCUT2D eigenvalue weighted by Crippen LogP contribution is 2.22. The molecule has 2 amide bonds. The van der Waals surface area contributed by atoms with Crippen LogP contribution in [-0.2, 0) is 21.0 Å². The fourth-order valence-electron chi connectivity index (χ4n) is 3.97. The van der Waals surface area contributed by atoms with E-state index in [0.717, 1.165) is 29.5 Å². The molecule has 1 aliphatic rings. The molecule has 184 valence electrons. The van der Waals surface area contributed by atoms with Crippen LogP contribution in [0.1, 0.15) is 49.5 Å². The van der Waals surface area contributed by atoms with Crippen LogP contribution in [0.5, 0.6) is 0 Å². The summed E-state index contributed by atoms with van der Waals surface area (Å²) in [7, 11) is 0. The molecule has 0 radical (unpaired) electrons. The first-order chi connectivity index (χ1) is 16.6. The molecule has 3 N–H and O–H groups in total. The molecule has 2 heterocycles. The quantitative estimate of drug-likeness (QED) is 0.563. The average Bonchev–Trinajstić information content (AvgIpc) is 3.26. The first-order valence-corrected chi connectivity index (χ1v) is 11.7. The van der Waals surface area contributed by atoms with Gasteiger partial charge in [0.15, 0.2) is 0 Å². The number of hydroxylamine groups is 2. The van der Waals surface area contributed by atoms with Crippen molar-refractivity contribution in [3.8, 4) is 5.69 Å². The second-order valence-corrected chi connectivity index (χ2v) is 9.92. The van der Waals surface area contributed by atoms with Gasteiger partial charge in [-0.3, -0.25) is 9.59 Å². The Bertz CT molecular complexity index is 1240. The Morgan fingerprint density at radius 3 is 2.57 bits per heavy atom. The minimum atomic E-state index is -0.589. The molecule has 35 heavy (non-hydrogen) atoms. The molecule has 4 rings (SSSR count). The summed E-state index contributed by atoms with van der Waals surface area (Å²) in [6, 6.07) is 13.0. The van der Waals surface area contributed by atoms with E-state index in [1.165, 1.54) is 0 Å². The molecule has 1 atom stereocenters. The molecule has 0 bridgehead atoms. The van der Waals surface area contributed by atoms with E-state index in [9.17, 15) is 14.4 Å². The minimum Gasteiger partial charge on any atom is -0.367 e. The number of hydrogen-bond acceptors (Lipinski definition) is 6. The van der Waals surface area contributed by atoms with Gasteiger partial charge in [-0.25, -0.2) is 9.48 Å². The van der Waals surface area contributed by atoms with Crippen molar-refractivity contribution < 1.29 is 19.2 Å². The zero-order valence-corrected chi connectivity index (χ0v) is 20.3. The van der Waals surface area contributed by atoms with E-state index in [2.05, 4.69) is 10.4 Å². The van der Waals surface area contributed by atoms with Crippen LogP contribution in [0.15, 0.2) is 48.7 Å². The number of amides is 2. The van der Waals surface area contributed by atoms with Crippen LogP contribution in [0.25, 0.3) is 16.6 Å². The summed E-state index contributed by atoms with van der Waals surface area (Å²) >= 11 is 0. The van der Waals surface area contributed by atoms with Crippen LogP contribution in [0, 0.1) is 11.3 Å². The van der Waals surface area contributed by atoms with Gasteiger partial charge in [-0.2, -0.15) is 5.10 Å². The zero-order valence-electron chi connectivity index (χ0n) is 20.3. The molecule has 2 aromatic carbocycles. The number of benzene rings is 2. The molecule has 9 nitrogen and oxygen atoms in total. The maximum absolute atomic E-state index is 12.7. The standard InChI is InChI=1S/C26H31N5O4/c1-26(2,3)25(34)35-30-13-5-7-19(15-30)24(33)28-14-17-9-11-20(12-10-17)31-16-18-6-4-8-21(23(27)32)22(18)29-31/h4,6,8-12,16,19H,5,7,13-15H2,1-3H3,(H2,27,32)(H,28,33). The van der Waals surface area contributed by atoms with Crippen LogP contribution in [0.4, 0.5) is 0 Å². The van der Waals surface area contributed by atoms with E-state index in [-0.39, 0.29) is 17.8 Å². The number of piperidine rings is 1. The van der Waals surface area contributed by atoms with Crippen molar-refractivity contribution in [3.63, 3.8) is 0 Å². The summed E-state index contributed by atoms with van der Waals surface area (Å²) in [6.45, 7) is 6.85. The third-order valence-corrected chi connectivity index (χ3v) is 6.05. The summed E-state index contributed by atoms with van der Waals surface area (Å²) in [5.74, 6) is -1.09. The van der Waals surface area contributed by atoms with Gasteiger partial charge in [0.05, 0.1) is 22.6 Å². The van der Waals surface area contributed by atoms with Crippen LogP contribution in [-0.4, -0.2) is 45.7 Å². The number of hydrogen-bond donors (Lipinski definition) is 2. The molecule has 1 saturated heterocycles. The number of nitrogens with zero attached hydrogens (tertiary/aromatic N) is 3. The molecule has 1 aromatic heterocycles. The van der Waals surface area contributed by atoms with Crippen molar-refractivity contribution in [1.29, 1.82) is 0 Å². The predicted molar refractivity (Wildman–Crippen MR) is 131 cm³/mol. The van der Waals surface area contributed by atoms with E-state index in [1.54, 1.807) is 21.9 Å². The van der Waals surface area contributed by atoms with Gasteiger partial charge >= 0.3 is 5.97 Å². The molecule has 1 fully saturated rings. The molecule has 9 heteroatoms. The molecule has 0 saturated carbocycles. The number of rotatable bonds is 6. The van der Waals surface area contributed by atoms with E-state index in [4.69, 9.17) is 10.6 Å². The van der Waals surface area contributed by atoms with Gasteiger partial charge in [0, 0.05) is 31.2 Å². The SMILES string of the molecule is CC(C)(C)C(=O)ON1CCCC(C(=O)NCc2ccc(-n3cc4cccc(C(N)=O)c4n3)cc2)C1. The number of carbonyl (C=O) groups excluding carboxylic acids is 3. The van der Waals surface area contributed by atoms with Crippen molar-refractivity contribution in [2.45, 2.75) is 40.2 Å². The van der Waals surface area contributed by atoms with Gasteiger partial charge in [-0.15, -0.1) is 5.06 Å². The monoisotopic (exact) mass is 477 g/mol. The van der Waals surface area contributed by atoms with Crippen LogP contribution < -0.4 is 11.1 Å². The number of nitrogens with two attached hydrogens (primary N) is 1. The number of aromatic nitrogens is 2. The first kappa shape index (κ1) is 24.4. The highest BCUT2D eigenvalue weighted by molar-refractivity contribution is 6.04. The molecule has 1 aliphatic heterocycles. The summed E-state index contributed by atoms with van der Waals surface area (Å²) in [5.41, 5.74) is 7.59. The fourth-order valence-corrected chi connectivity index (χ4v) is 3.97. The Balaban J connectivity index is 1.35. The molecule has 0 aliphatic carbocycles. The molecule has 1 unspecified atom stereocenters. The summed E-state index contributed by atoms with van der Waals surface area (Å²) in [4.78, 5) is 42.0. The maximum atomic E-state index is 12.7. The van der Waals surface area contributed by atoms with Crippen molar-refractivity contribution in [2.75, 3.05) is 13.1 Å². The highest BCUT2D eigenvalue weighted by Gasteiger charge is 2.31. The van der Waals surface area contributed by atoms with E-state index < -0.39 is 11.3 Å². The fraction of sp³-hybridized carbons (Fsp3) is 0.385. The lowest BCUT2D eigenvalue weighted by Gasteiger charge is -2.32. The Morgan fingerprint density at radius 2 is 1.89 bits per heavy atom. The van der Waals surface area contributed by atoms with Gasteiger partial charge in [-0.05, 0) is 57.4 Å². The highest BCUT2D eigenvalue weighted by atomic mass is 16.7. The first-order valence-electron chi connectivity index (χ1n) is 11.7. The molecule has 0 spiro atoms. The Hall–Kier alpha value is -3.72. The van der Waals surface area contributed by atoms with E-state index >= 15 is 0 Å². The van der Waals surface area contributed by atoms with Gasteiger partial charge in [0.1, 0.15) is 5.52 Å². The number of nitrogens with one attached hydrogen (secondary N) is 1. The summed E-state index contributed by atoms with van der Waals surface area (Å²) in [6.07, 6.45) is 3.40. The Kier molecular flexibility index (Phi) is 6.88. The average molecular weight is 478 g/mol. The topological polar surface area (TPSA) is 120 Å². The second-order valence-electron chi connectivity index (χ2n) is 9.92. The number of carbonyl (C=O) groups is 3. The van der Waals surface area contributed by atoms with Gasteiger partial charge in [0.25, 0.3) is 5.91 Å². The lowest BCUT2D eigenvalue weighted by atomic mass is 9.97. The molecule has 3 aromatic rings. The normalized spacial score (nSPS) is 16.7. The Labute approximate surface area is 204 Å². The molecular weight excluding hydrogens is 446 g/mol. The number of fused-ring (bicyclic) bond motifs is 1. The van der Waals surface area contributed by atoms with E-state index in [0.29, 0.717) is 30.7 Å². The van der Waals surface area contributed by atoms with Crippen molar-refractivity contribution in [1.82, 2.24) is 20.2 Å². The maximum Gasteiger partial charge on any atom is 0.330 e. The predicted octanol–water partition coefficient (Wildman–Crippen LogP) is 2.96. The van der Waals surface area contributed by atoms with Gasteiger partial charge in [-0.1, -0.05) is 24.3 Å². The van der Waals surface area contributed by atoms with Gasteiger partial charge < -0.3 is 15.9 Å².